The predicted octanol–water partition coefficient (Wildman–Crippen LogP) is 1.31. The zero-order valence-corrected chi connectivity index (χ0v) is 11.2. The highest BCUT2D eigenvalue weighted by Crippen LogP contribution is 2.45. The van der Waals surface area contributed by atoms with Crippen molar-refractivity contribution in [3.8, 4) is 0 Å². The highest BCUT2D eigenvalue weighted by Gasteiger charge is 2.63. The lowest BCUT2D eigenvalue weighted by Crippen LogP contribution is -2.60. The Labute approximate surface area is 115 Å². The molecule has 0 aromatic heterocycles. The smallest absolute Gasteiger partial charge is 0.374 e. The highest BCUT2D eigenvalue weighted by atomic mass is 19.4. The van der Waals surface area contributed by atoms with E-state index in [0.717, 1.165) is 19.3 Å². The molecule has 0 radical (unpaired) electrons. The first kappa shape index (κ1) is 14.1. The van der Waals surface area contributed by atoms with Crippen molar-refractivity contribution in [3.05, 3.63) is 0 Å². The van der Waals surface area contributed by atoms with Crippen molar-refractivity contribution in [3.63, 3.8) is 0 Å². The van der Waals surface area contributed by atoms with Gasteiger partial charge in [-0.05, 0) is 32.2 Å². The van der Waals surface area contributed by atoms with Gasteiger partial charge < -0.3 is 15.0 Å². The van der Waals surface area contributed by atoms with E-state index in [1.165, 1.54) is 4.90 Å². The third kappa shape index (κ3) is 2.02. The van der Waals surface area contributed by atoms with Gasteiger partial charge in [0, 0.05) is 13.1 Å². The molecule has 1 N–H and O–H groups in total. The lowest BCUT2D eigenvalue weighted by atomic mass is 9.83. The topological polar surface area (TPSA) is 41.6 Å². The van der Waals surface area contributed by atoms with Crippen LogP contribution < -0.4 is 5.32 Å². The zero-order valence-electron chi connectivity index (χ0n) is 11.2. The summed E-state index contributed by atoms with van der Waals surface area (Å²) >= 11 is 0. The summed E-state index contributed by atoms with van der Waals surface area (Å²) in [4.78, 5) is 14.1. The average Bonchev–Trinajstić information content (AvgIpc) is 3.05. The number of fused-ring (bicyclic) bond motifs is 1. The molecule has 3 rings (SSSR count). The Morgan fingerprint density at radius 1 is 1.35 bits per heavy atom. The maximum atomic E-state index is 13.4. The van der Waals surface area contributed by atoms with Crippen molar-refractivity contribution in [2.75, 3.05) is 26.2 Å². The summed E-state index contributed by atoms with van der Waals surface area (Å²) in [5.74, 6) is -0.754. The van der Waals surface area contributed by atoms with Gasteiger partial charge in [-0.15, -0.1) is 0 Å². The average molecular weight is 292 g/mol. The van der Waals surface area contributed by atoms with Crippen molar-refractivity contribution >= 4 is 5.91 Å². The molecule has 1 amide bonds. The molecule has 0 spiro atoms. The Morgan fingerprint density at radius 3 is 2.80 bits per heavy atom. The van der Waals surface area contributed by atoms with E-state index in [2.05, 4.69) is 5.32 Å². The van der Waals surface area contributed by atoms with Gasteiger partial charge in [0.15, 0.2) is 5.41 Å². The van der Waals surface area contributed by atoms with Gasteiger partial charge in [-0.2, -0.15) is 13.2 Å². The first-order chi connectivity index (χ1) is 9.46. The molecule has 3 atom stereocenters. The molecule has 2 heterocycles. The Bertz CT molecular complexity index is 394. The number of morpholine rings is 1. The lowest BCUT2D eigenvalue weighted by molar-refractivity contribution is -0.226. The number of carbonyl (C=O) groups is 1. The Hall–Kier alpha value is -0.820. The first-order valence-corrected chi connectivity index (χ1v) is 7.16. The summed E-state index contributed by atoms with van der Waals surface area (Å²) in [6.45, 7) is 0.555. The Kier molecular flexibility index (Phi) is 3.44. The van der Waals surface area contributed by atoms with Crippen LogP contribution in [0, 0.1) is 5.41 Å². The van der Waals surface area contributed by atoms with Gasteiger partial charge in [0.25, 0.3) is 0 Å². The number of alkyl halides is 3. The van der Waals surface area contributed by atoms with E-state index in [9.17, 15) is 18.0 Å². The molecule has 4 nitrogen and oxygen atoms in total. The molecule has 7 heteroatoms. The molecule has 0 bridgehead atoms. The number of amides is 1. The normalized spacial score (nSPS) is 38.0. The summed E-state index contributed by atoms with van der Waals surface area (Å²) in [6.07, 6.45) is -2.24. The largest absolute Gasteiger partial charge is 0.404 e. The van der Waals surface area contributed by atoms with Gasteiger partial charge >= 0.3 is 6.18 Å². The van der Waals surface area contributed by atoms with Crippen LogP contribution in [-0.2, 0) is 9.53 Å². The maximum Gasteiger partial charge on any atom is 0.404 e. The summed E-state index contributed by atoms with van der Waals surface area (Å²) < 4.78 is 45.9. The number of rotatable bonds is 1. The quantitative estimate of drug-likeness (QED) is 0.792. The third-order valence-corrected chi connectivity index (χ3v) is 4.85. The van der Waals surface area contributed by atoms with E-state index in [4.69, 9.17) is 4.74 Å². The third-order valence-electron chi connectivity index (χ3n) is 4.85. The molecule has 1 saturated carbocycles. The lowest BCUT2D eigenvalue weighted by Gasteiger charge is -2.42. The fourth-order valence-corrected chi connectivity index (χ4v) is 3.69. The number of hydrogen-bond acceptors (Lipinski definition) is 3. The minimum absolute atomic E-state index is 0.0765. The minimum Gasteiger partial charge on any atom is -0.374 e. The second-order valence-corrected chi connectivity index (χ2v) is 5.91. The highest BCUT2D eigenvalue weighted by molar-refractivity contribution is 5.85. The van der Waals surface area contributed by atoms with Gasteiger partial charge in [0.1, 0.15) is 0 Å². The fourth-order valence-electron chi connectivity index (χ4n) is 3.69. The Balaban J connectivity index is 1.86. The van der Waals surface area contributed by atoms with E-state index in [0.29, 0.717) is 6.61 Å². The number of carbonyl (C=O) groups excluding carboxylic acids is 1. The van der Waals surface area contributed by atoms with Crippen LogP contribution in [0.3, 0.4) is 0 Å². The number of ether oxygens (including phenoxy) is 1. The van der Waals surface area contributed by atoms with E-state index < -0.39 is 17.5 Å². The van der Waals surface area contributed by atoms with Gasteiger partial charge in [-0.1, -0.05) is 0 Å². The van der Waals surface area contributed by atoms with Gasteiger partial charge in [-0.3, -0.25) is 4.79 Å². The van der Waals surface area contributed by atoms with E-state index >= 15 is 0 Å². The Morgan fingerprint density at radius 2 is 2.15 bits per heavy atom. The van der Waals surface area contributed by atoms with Crippen LogP contribution in [0.15, 0.2) is 0 Å². The maximum absolute atomic E-state index is 13.4. The van der Waals surface area contributed by atoms with Crippen LogP contribution in [0.25, 0.3) is 0 Å². The summed E-state index contributed by atoms with van der Waals surface area (Å²) in [7, 11) is 0. The molecule has 3 fully saturated rings. The molecule has 114 valence electrons. The number of hydrogen-bond donors (Lipinski definition) is 1. The van der Waals surface area contributed by atoms with Crippen LogP contribution in [0.4, 0.5) is 13.2 Å². The van der Waals surface area contributed by atoms with E-state index in [1.54, 1.807) is 0 Å². The molecular formula is C13H19F3N2O2. The molecule has 2 saturated heterocycles. The fraction of sp³-hybridized carbons (Fsp3) is 0.923. The van der Waals surface area contributed by atoms with Crippen LogP contribution >= 0.6 is 0 Å². The number of nitrogens with zero attached hydrogens (tertiary/aromatic N) is 1. The second kappa shape index (κ2) is 4.87. The zero-order chi connectivity index (χ0) is 14.4. The predicted molar refractivity (Wildman–Crippen MR) is 65.1 cm³/mol. The molecule has 20 heavy (non-hydrogen) atoms. The van der Waals surface area contributed by atoms with Crippen molar-refractivity contribution in [2.45, 2.75) is 44.0 Å². The van der Waals surface area contributed by atoms with E-state index in [-0.39, 0.29) is 38.2 Å². The summed E-state index contributed by atoms with van der Waals surface area (Å²) in [5, 5.41) is 2.70. The standard InChI is InChI=1S/C13H19F3N2O2/c14-13(15,16)12(4-5-17-8-12)11(19)18-6-7-20-10-3-1-2-9(10)18/h9-10,17H,1-8H2. The van der Waals surface area contributed by atoms with Crippen molar-refractivity contribution in [1.29, 1.82) is 0 Å². The number of halogens is 3. The first-order valence-electron chi connectivity index (χ1n) is 7.16. The van der Waals surface area contributed by atoms with Crippen LogP contribution in [0.2, 0.25) is 0 Å². The molecule has 1 aliphatic carbocycles. The monoisotopic (exact) mass is 292 g/mol. The molecular weight excluding hydrogens is 273 g/mol. The van der Waals surface area contributed by atoms with Crippen molar-refractivity contribution in [2.24, 2.45) is 5.41 Å². The molecule has 3 aliphatic rings. The van der Waals surface area contributed by atoms with Crippen LogP contribution in [0.1, 0.15) is 25.7 Å². The summed E-state index contributed by atoms with van der Waals surface area (Å²) in [5.41, 5.74) is -2.24. The van der Waals surface area contributed by atoms with Crippen LogP contribution in [0.5, 0.6) is 0 Å². The molecule has 0 aromatic carbocycles. The SMILES string of the molecule is O=C(N1CCOC2CCCC21)C1(C(F)(F)F)CCNC1. The van der Waals surface area contributed by atoms with E-state index in [1.807, 2.05) is 0 Å². The molecule has 3 unspecified atom stereocenters. The van der Waals surface area contributed by atoms with Crippen molar-refractivity contribution < 1.29 is 22.7 Å². The second-order valence-electron chi connectivity index (χ2n) is 5.91. The van der Waals surface area contributed by atoms with Gasteiger partial charge in [0.2, 0.25) is 5.91 Å². The minimum atomic E-state index is -4.50. The van der Waals surface area contributed by atoms with Crippen LogP contribution in [-0.4, -0.2) is 55.4 Å². The molecule has 0 aromatic rings. The van der Waals surface area contributed by atoms with Gasteiger partial charge in [0.05, 0.1) is 18.8 Å². The number of nitrogens with one attached hydrogen (secondary N) is 1. The molecule has 2 aliphatic heterocycles. The van der Waals surface area contributed by atoms with Crippen molar-refractivity contribution in [1.82, 2.24) is 10.2 Å². The summed E-state index contributed by atoms with van der Waals surface area (Å²) in [6, 6.07) is -0.170. The van der Waals surface area contributed by atoms with Gasteiger partial charge in [-0.25, -0.2) is 0 Å².